The summed E-state index contributed by atoms with van der Waals surface area (Å²) in [6.07, 6.45) is 4.11. The van der Waals surface area contributed by atoms with Gasteiger partial charge in [-0.3, -0.25) is 9.59 Å². The van der Waals surface area contributed by atoms with Gasteiger partial charge >= 0.3 is 0 Å². The molecular weight excluding hydrogens is 368 g/mol. The van der Waals surface area contributed by atoms with E-state index in [4.69, 9.17) is 4.74 Å². The lowest BCUT2D eigenvalue weighted by Gasteiger charge is -2.35. The van der Waals surface area contributed by atoms with E-state index in [1.54, 1.807) is 19.1 Å². The molecule has 2 heterocycles. The monoisotopic (exact) mass is 400 g/mol. The minimum Gasteiger partial charge on any atom is -0.497 e. The third-order valence-electron chi connectivity index (χ3n) is 5.81. The molecule has 2 aliphatic heterocycles. The van der Waals surface area contributed by atoms with Crippen LogP contribution >= 0.6 is 0 Å². The second kappa shape index (κ2) is 9.87. The lowest BCUT2D eigenvalue weighted by Crippen LogP contribution is -2.44. The van der Waals surface area contributed by atoms with Crippen molar-refractivity contribution in [2.45, 2.75) is 32.1 Å². The molecular formula is C22H32N4O3. The van der Waals surface area contributed by atoms with Crippen LogP contribution < -0.4 is 4.74 Å². The Morgan fingerprint density at radius 1 is 1.28 bits per heavy atom. The predicted molar refractivity (Wildman–Crippen MR) is 113 cm³/mol. The molecule has 1 aromatic carbocycles. The molecule has 1 atom stereocenters. The average Bonchev–Trinajstić information content (AvgIpc) is 2.74. The van der Waals surface area contributed by atoms with Crippen molar-refractivity contribution in [2.75, 3.05) is 47.4 Å². The fraction of sp³-hybridized carbons (Fsp3) is 0.591. The summed E-state index contributed by atoms with van der Waals surface area (Å²) in [6.45, 7) is 3.89. The zero-order valence-electron chi connectivity index (χ0n) is 17.8. The highest BCUT2D eigenvalue weighted by Gasteiger charge is 2.27. The first-order valence-corrected chi connectivity index (χ1v) is 10.4. The van der Waals surface area contributed by atoms with Crippen molar-refractivity contribution in [1.29, 1.82) is 0 Å². The third-order valence-corrected chi connectivity index (χ3v) is 5.81. The summed E-state index contributed by atoms with van der Waals surface area (Å²) in [4.78, 5) is 28.5. The van der Waals surface area contributed by atoms with Crippen LogP contribution in [0.2, 0.25) is 0 Å². The number of nitrogens with zero attached hydrogens (tertiary/aromatic N) is 4. The van der Waals surface area contributed by atoms with Gasteiger partial charge in [0.1, 0.15) is 11.5 Å². The number of ether oxygens (including phenoxy) is 1. The Morgan fingerprint density at radius 3 is 2.72 bits per heavy atom. The summed E-state index contributed by atoms with van der Waals surface area (Å²) >= 11 is 0. The fourth-order valence-corrected chi connectivity index (χ4v) is 4.10. The third kappa shape index (κ3) is 5.79. The van der Waals surface area contributed by atoms with Crippen LogP contribution in [0.5, 0.6) is 5.75 Å². The number of methoxy groups -OCH3 is 1. The van der Waals surface area contributed by atoms with Gasteiger partial charge in [-0.2, -0.15) is 5.10 Å². The molecule has 0 saturated carbocycles. The van der Waals surface area contributed by atoms with Crippen LogP contribution in [-0.4, -0.2) is 79.7 Å². The Kier molecular flexibility index (Phi) is 7.25. The number of hydrogen-bond donors (Lipinski definition) is 0. The highest BCUT2D eigenvalue weighted by atomic mass is 16.5. The van der Waals surface area contributed by atoms with Gasteiger partial charge in [0.25, 0.3) is 5.91 Å². The number of hydrogen-bond acceptors (Lipinski definition) is 5. The molecule has 2 aliphatic rings. The quantitative estimate of drug-likeness (QED) is 0.702. The minimum atomic E-state index is -0.0558. The summed E-state index contributed by atoms with van der Waals surface area (Å²) in [7, 11) is 5.14. The zero-order chi connectivity index (χ0) is 20.8. The number of amides is 2. The molecule has 1 fully saturated rings. The van der Waals surface area contributed by atoms with Crippen LogP contribution in [0.25, 0.3) is 0 Å². The molecule has 0 aromatic heterocycles. The van der Waals surface area contributed by atoms with E-state index in [-0.39, 0.29) is 11.8 Å². The van der Waals surface area contributed by atoms with Crippen molar-refractivity contribution < 1.29 is 14.3 Å². The first-order chi connectivity index (χ1) is 14.0. The van der Waals surface area contributed by atoms with Gasteiger partial charge in [-0.05, 0) is 49.4 Å². The van der Waals surface area contributed by atoms with Crippen LogP contribution in [0.4, 0.5) is 0 Å². The molecule has 0 spiro atoms. The zero-order valence-corrected chi connectivity index (χ0v) is 17.8. The largest absolute Gasteiger partial charge is 0.497 e. The smallest absolute Gasteiger partial charge is 0.269 e. The summed E-state index contributed by atoms with van der Waals surface area (Å²) in [5, 5.41) is 5.44. The van der Waals surface area contributed by atoms with E-state index >= 15 is 0 Å². The van der Waals surface area contributed by atoms with Gasteiger partial charge in [-0.15, -0.1) is 0 Å². The van der Waals surface area contributed by atoms with Crippen LogP contribution in [0.3, 0.4) is 0 Å². The second-order valence-electron chi connectivity index (χ2n) is 8.06. The first kappa shape index (κ1) is 21.3. The van der Waals surface area contributed by atoms with Gasteiger partial charge in [-0.25, -0.2) is 5.01 Å². The predicted octanol–water partition coefficient (Wildman–Crippen LogP) is 2.02. The number of benzene rings is 1. The Morgan fingerprint density at radius 2 is 2.03 bits per heavy atom. The Hall–Kier alpha value is -2.41. The average molecular weight is 401 g/mol. The van der Waals surface area contributed by atoms with Gasteiger partial charge in [-0.1, -0.05) is 12.1 Å². The van der Waals surface area contributed by atoms with Crippen molar-refractivity contribution in [1.82, 2.24) is 14.8 Å². The Bertz CT molecular complexity index is 747. The van der Waals surface area contributed by atoms with Crippen LogP contribution in [0.15, 0.2) is 29.4 Å². The highest BCUT2D eigenvalue weighted by molar-refractivity contribution is 6.39. The summed E-state index contributed by atoms with van der Waals surface area (Å²) in [6, 6.07) is 8.26. The molecule has 0 unspecified atom stereocenters. The fourth-order valence-electron chi connectivity index (χ4n) is 4.10. The van der Waals surface area contributed by atoms with E-state index in [0.29, 0.717) is 24.5 Å². The molecule has 7 nitrogen and oxygen atoms in total. The van der Waals surface area contributed by atoms with E-state index in [0.717, 1.165) is 51.2 Å². The van der Waals surface area contributed by atoms with Gasteiger partial charge in [0.15, 0.2) is 0 Å². The summed E-state index contributed by atoms with van der Waals surface area (Å²) in [5.41, 5.74) is 1.80. The van der Waals surface area contributed by atoms with E-state index in [2.05, 4.69) is 22.1 Å². The molecule has 3 rings (SSSR count). The first-order valence-electron chi connectivity index (χ1n) is 10.4. The number of hydrazone groups is 1. The minimum absolute atomic E-state index is 0.0380. The molecule has 0 aliphatic carbocycles. The van der Waals surface area contributed by atoms with E-state index in [9.17, 15) is 9.59 Å². The van der Waals surface area contributed by atoms with Crippen molar-refractivity contribution >= 4 is 17.5 Å². The van der Waals surface area contributed by atoms with Crippen molar-refractivity contribution in [3.63, 3.8) is 0 Å². The van der Waals surface area contributed by atoms with Crippen molar-refractivity contribution in [3.8, 4) is 5.75 Å². The molecule has 7 heteroatoms. The molecule has 158 valence electrons. The molecule has 1 saturated heterocycles. The lowest BCUT2D eigenvalue weighted by molar-refractivity contribution is -0.130. The second-order valence-corrected chi connectivity index (χ2v) is 8.06. The van der Waals surface area contributed by atoms with Gasteiger partial charge in [0, 0.05) is 46.6 Å². The molecule has 0 bridgehead atoms. The van der Waals surface area contributed by atoms with Crippen molar-refractivity contribution in [3.05, 3.63) is 29.8 Å². The van der Waals surface area contributed by atoms with Crippen LogP contribution in [0.1, 0.15) is 31.2 Å². The topological polar surface area (TPSA) is 65.5 Å². The molecule has 29 heavy (non-hydrogen) atoms. The molecule has 0 N–H and O–H groups in total. The van der Waals surface area contributed by atoms with Crippen molar-refractivity contribution in [2.24, 2.45) is 11.0 Å². The lowest BCUT2D eigenvalue weighted by atomic mass is 9.96. The standard InChI is InChI=1S/C22H32N4O3/c1-24(22(28)20-10-11-21(27)25(2)23-20)15-18-5-4-13-26(16-18)14-12-17-6-8-19(29-3)9-7-17/h6-9,18H,4-5,10-16H2,1-3H3/t18-/m0/s1. The van der Waals surface area contributed by atoms with Gasteiger partial charge < -0.3 is 14.5 Å². The van der Waals surface area contributed by atoms with Gasteiger partial charge in [0.2, 0.25) is 5.91 Å². The molecule has 2 amide bonds. The SMILES string of the molecule is COc1ccc(CCN2CCC[C@@H](CN(C)C(=O)C3=NN(C)C(=O)CC3)C2)cc1. The maximum atomic E-state index is 12.7. The number of likely N-dealkylation sites (tertiary alicyclic amines) is 1. The number of rotatable bonds is 7. The molecule has 1 aromatic rings. The number of piperidine rings is 1. The number of carbonyl (C=O) groups is 2. The number of carbonyl (C=O) groups excluding carboxylic acids is 2. The van der Waals surface area contributed by atoms with E-state index in [1.807, 2.05) is 19.2 Å². The van der Waals surface area contributed by atoms with E-state index < -0.39 is 0 Å². The normalized spacial score (nSPS) is 20.4. The van der Waals surface area contributed by atoms with Crippen LogP contribution in [-0.2, 0) is 16.0 Å². The Balaban J connectivity index is 1.47. The maximum absolute atomic E-state index is 12.7. The maximum Gasteiger partial charge on any atom is 0.269 e. The van der Waals surface area contributed by atoms with Gasteiger partial charge in [0.05, 0.1) is 7.11 Å². The van der Waals surface area contributed by atoms with E-state index in [1.165, 1.54) is 10.6 Å². The van der Waals surface area contributed by atoms with Crippen LogP contribution in [0, 0.1) is 5.92 Å². The summed E-state index contributed by atoms with van der Waals surface area (Å²) in [5.74, 6) is 1.26. The Labute approximate surface area is 173 Å². The molecule has 0 radical (unpaired) electrons. The highest BCUT2D eigenvalue weighted by Crippen LogP contribution is 2.19. The summed E-state index contributed by atoms with van der Waals surface area (Å²) < 4.78 is 5.22.